The van der Waals surface area contributed by atoms with E-state index in [0.29, 0.717) is 6.42 Å². The Morgan fingerprint density at radius 3 is 1.89 bits per heavy atom. The van der Waals surface area contributed by atoms with Gasteiger partial charge in [0.25, 0.3) is 0 Å². The van der Waals surface area contributed by atoms with Crippen LogP contribution < -0.4 is 29.6 Å². The van der Waals surface area contributed by atoms with Crippen LogP contribution in [0.1, 0.15) is 104 Å². The molecular weight excluding hydrogens is 387 g/mol. The number of hydrogen-bond donors (Lipinski definition) is 0. The van der Waals surface area contributed by atoms with Crippen LogP contribution in [0.3, 0.4) is 0 Å². The summed E-state index contributed by atoms with van der Waals surface area (Å²) in [5, 5.41) is 0. The Labute approximate surface area is 195 Å². The van der Waals surface area contributed by atoms with E-state index >= 15 is 0 Å². The first-order chi connectivity index (χ1) is 12.8. The van der Waals surface area contributed by atoms with Crippen molar-refractivity contribution in [3.63, 3.8) is 0 Å². The molecule has 0 heterocycles. The van der Waals surface area contributed by atoms with Gasteiger partial charge in [0, 0.05) is 12.7 Å². The molecule has 0 aromatic carbocycles. The Hall–Kier alpha value is 0.120. The van der Waals surface area contributed by atoms with Crippen molar-refractivity contribution in [1.82, 2.24) is 0 Å². The molecule has 7 heteroatoms. The monoisotopic (exact) mass is 426 g/mol. The maximum Gasteiger partial charge on any atom is 1.00 e. The van der Waals surface area contributed by atoms with Crippen LogP contribution in [0, 0.1) is 0 Å². The molecule has 0 bridgehead atoms. The second-order valence-electron chi connectivity index (χ2n) is 7.30. The Kier molecular flexibility index (Phi) is 22.1. The molecule has 0 aliphatic heterocycles. The Bertz CT molecular complexity index is 491. The van der Waals surface area contributed by atoms with Crippen LogP contribution in [-0.4, -0.2) is 30.8 Å². The van der Waals surface area contributed by atoms with E-state index in [0.717, 1.165) is 44.9 Å². The van der Waals surface area contributed by atoms with E-state index in [2.05, 4.69) is 13.0 Å². The number of ether oxygens (including phenoxy) is 1. The van der Waals surface area contributed by atoms with Crippen molar-refractivity contribution in [3.05, 3.63) is 12.2 Å². The first-order valence-electron chi connectivity index (χ1n) is 10.6. The molecule has 160 valence electrons. The first-order valence-corrected chi connectivity index (χ1v) is 12.2. The van der Waals surface area contributed by atoms with Gasteiger partial charge in [-0.05, 0) is 38.2 Å². The number of carbonyl (C=O) groups is 1. The van der Waals surface area contributed by atoms with Gasteiger partial charge in [0.1, 0.15) is 6.10 Å². The summed E-state index contributed by atoms with van der Waals surface area (Å²) in [6.07, 6.45) is 19.0. The summed E-state index contributed by atoms with van der Waals surface area (Å²) < 4.78 is 36.7. The molecular formula is C21H39NaO5S. The zero-order valence-electron chi connectivity index (χ0n) is 18.3. The molecule has 0 saturated carbocycles. The third kappa shape index (κ3) is 24.2. The molecule has 0 aliphatic rings. The molecule has 0 saturated heterocycles. The van der Waals surface area contributed by atoms with Crippen LogP contribution in [-0.2, 0) is 19.6 Å². The van der Waals surface area contributed by atoms with Gasteiger partial charge in [-0.15, -0.1) is 0 Å². The Balaban J connectivity index is 0. The number of unbranched alkanes of at least 4 members (excludes halogenated alkanes) is 11. The summed E-state index contributed by atoms with van der Waals surface area (Å²) in [6, 6.07) is 0. The van der Waals surface area contributed by atoms with Crippen molar-refractivity contribution in [2.45, 2.75) is 110 Å². The van der Waals surface area contributed by atoms with Crippen LogP contribution in [0.4, 0.5) is 0 Å². The molecule has 0 rings (SSSR count). The first kappa shape index (κ1) is 30.3. The van der Waals surface area contributed by atoms with E-state index in [1.165, 1.54) is 45.4 Å². The van der Waals surface area contributed by atoms with Crippen molar-refractivity contribution < 1.29 is 52.1 Å². The van der Waals surface area contributed by atoms with Crippen molar-refractivity contribution in [1.29, 1.82) is 0 Å². The number of rotatable bonds is 18. The number of hydrogen-bond acceptors (Lipinski definition) is 5. The number of allylic oxidation sites excluding steroid dienone is 1. The van der Waals surface area contributed by atoms with Crippen molar-refractivity contribution in [2.24, 2.45) is 0 Å². The fourth-order valence-electron chi connectivity index (χ4n) is 3.02. The van der Waals surface area contributed by atoms with Gasteiger partial charge in [0.15, 0.2) is 0 Å². The fourth-order valence-corrected chi connectivity index (χ4v) is 3.57. The number of esters is 1. The summed E-state index contributed by atoms with van der Waals surface area (Å²) in [5.41, 5.74) is 0. The van der Waals surface area contributed by atoms with Gasteiger partial charge in [0.05, 0.1) is 10.1 Å². The summed E-state index contributed by atoms with van der Waals surface area (Å²) in [7, 11) is -4.03. The molecule has 0 aromatic rings. The molecule has 0 spiro atoms. The molecule has 0 aliphatic carbocycles. The largest absolute Gasteiger partial charge is 1.00 e. The molecule has 0 fully saturated rings. The normalized spacial score (nSPS) is 12.7. The van der Waals surface area contributed by atoms with Crippen molar-refractivity contribution in [3.8, 4) is 0 Å². The second kappa shape index (κ2) is 20.4. The number of carbonyl (C=O) groups excluding carboxylic acids is 1. The molecule has 0 unspecified atom stereocenters. The SMILES string of the molecule is CCCC[C@H](/C=C\CCCCCCCCCCCCS(=O)(=O)[O-])OC(C)=O.[Na+]. The Morgan fingerprint density at radius 1 is 0.929 bits per heavy atom. The zero-order chi connectivity index (χ0) is 20.4. The standard InChI is InChI=1S/C21H40O5S.Na/c1-3-4-17-21(26-20(2)22)18-15-13-11-9-7-5-6-8-10-12-14-16-19-27(23,24)25;/h15,18,21H,3-14,16-17,19H2,1-2H3,(H,23,24,25);/q;+1/p-1/b18-15-;/t21-;/m1./s1. The topological polar surface area (TPSA) is 83.5 Å². The second-order valence-corrected chi connectivity index (χ2v) is 8.83. The zero-order valence-corrected chi connectivity index (χ0v) is 21.1. The maximum atomic E-state index is 11.1. The average Bonchev–Trinajstić information content (AvgIpc) is 2.58. The van der Waals surface area contributed by atoms with E-state index in [1.54, 1.807) is 0 Å². The summed E-state index contributed by atoms with van der Waals surface area (Å²) in [5.74, 6) is -0.432. The van der Waals surface area contributed by atoms with Crippen LogP contribution >= 0.6 is 0 Å². The van der Waals surface area contributed by atoms with Gasteiger partial charge < -0.3 is 9.29 Å². The van der Waals surface area contributed by atoms with Crippen molar-refractivity contribution in [2.75, 3.05) is 5.75 Å². The van der Waals surface area contributed by atoms with E-state index in [-0.39, 0.29) is 47.4 Å². The summed E-state index contributed by atoms with van der Waals surface area (Å²) in [4.78, 5) is 11.1. The quantitative estimate of drug-likeness (QED) is 0.111. The minimum absolute atomic E-state index is 0. The van der Waals surface area contributed by atoms with Crippen LogP contribution in [0.2, 0.25) is 0 Å². The van der Waals surface area contributed by atoms with Crippen LogP contribution in [0.15, 0.2) is 12.2 Å². The molecule has 1 atom stereocenters. The summed E-state index contributed by atoms with van der Waals surface area (Å²) >= 11 is 0. The molecule has 0 N–H and O–H groups in total. The maximum absolute atomic E-state index is 11.1. The minimum atomic E-state index is -4.03. The molecule has 28 heavy (non-hydrogen) atoms. The molecule has 0 aromatic heterocycles. The van der Waals surface area contributed by atoms with E-state index < -0.39 is 10.1 Å². The van der Waals surface area contributed by atoms with Gasteiger partial charge in [0.2, 0.25) is 0 Å². The van der Waals surface area contributed by atoms with Gasteiger partial charge in [-0.1, -0.05) is 70.8 Å². The van der Waals surface area contributed by atoms with Crippen LogP contribution in [0.25, 0.3) is 0 Å². The Morgan fingerprint density at radius 2 is 1.43 bits per heavy atom. The van der Waals surface area contributed by atoms with Gasteiger partial charge in [-0.3, -0.25) is 4.79 Å². The molecule has 0 radical (unpaired) electrons. The third-order valence-corrected chi connectivity index (χ3v) is 5.31. The molecule has 5 nitrogen and oxygen atoms in total. The van der Waals surface area contributed by atoms with E-state index in [9.17, 15) is 17.8 Å². The summed E-state index contributed by atoms with van der Waals surface area (Å²) in [6.45, 7) is 3.60. The predicted molar refractivity (Wildman–Crippen MR) is 110 cm³/mol. The van der Waals surface area contributed by atoms with Crippen molar-refractivity contribution >= 4 is 16.1 Å². The average molecular weight is 427 g/mol. The van der Waals surface area contributed by atoms with E-state index in [4.69, 9.17) is 4.74 Å². The van der Waals surface area contributed by atoms with E-state index in [1.807, 2.05) is 6.08 Å². The van der Waals surface area contributed by atoms with Gasteiger partial charge in [-0.2, -0.15) is 0 Å². The fraction of sp³-hybridized carbons (Fsp3) is 0.857. The van der Waals surface area contributed by atoms with Gasteiger partial charge >= 0.3 is 35.5 Å². The third-order valence-electron chi connectivity index (χ3n) is 4.53. The smallest absolute Gasteiger partial charge is 0.748 e. The molecule has 0 amide bonds. The van der Waals surface area contributed by atoms with Crippen LogP contribution in [0.5, 0.6) is 0 Å². The minimum Gasteiger partial charge on any atom is -0.748 e. The predicted octanol–water partition coefficient (Wildman–Crippen LogP) is 2.50. The van der Waals surface area contributed by atoms with Gasteiger partial charge in [-0.25, -0.2) is 8.42 Å².